The number of rotatable bonds is 4. The van der Waals surface area contributed by atoms with Gasteiger partial charge >= 0.3 is 0 Å². The molecule has 0 unspecified atom stereocenters. The second kappa shape index (κ2) is 8.04. The maximum atomic E-state index is 12.6. The van der Waals surface area contributed by atoms with E-state index in [1.54, 1.807) is 35.6 Å². The minimum atomic E-state index is -3.22. The van der Waals surface area contributed by atoms with Gasteiger partial charge in [0.05, 0.1) is 21.5 Å². The number of aromatic nitrogens is 1. The number of hydrogen-bond donors (Lipinski definition) is 0. The van der Waals surface area contributed by atoms with Gasteiger partial charge in [0.15, 0.2) is 15.0 Å². The number of hydrogen-bond acceptors (Lipinski definition) is 6. The van der Waals surface area contributed by atoms with Crippen molar-refractivity contribution in [2.75, 3.05) is 37.3 Å². The number of piperazine rings is 1. The van der Waals surface area contributed by atoms with Gasteiger partial charge in [0.2, 0.25) is 5.91 Å². The Balaban J connectivity index is 1.36. The third-order valence-electron chi connectivity index (χ3n) is 4.95. The van der Waals surface area contributed by atoms with Gasteiger partial charge in [-0.05, 0) is 35.9 Å². The first-order valence-corrected chi connectivity index (χ1v) is 12.7. The molecular formula is C20H20BrN3O3S2. The molecule has 0 bridgehead atoms. The van der Waals surface area contributed by atoms with E-state index in [0.717, 1.165) is 38.5 Å². The zero-order valence-electron chi connectivity index (χ0n) is 15.8. The van der Waals surface area contributed by atoms with E-state index in [2.05, 4.69) is 26.9 Å². The first-order valence-electron chi connectivity index (χ1n) is 9.17. The molecule has 1 aliphatic rings. The van der Waals surface area contributed by atoms with Crippen molar-refractivity contribution in [1.82, 2.24) is 9.88 Å². The highest BCUT2D eigenvalue weighted by atomic mass is 79.9. The van der Waals surface area contributed by atoms with Crippen LogP contribution in [0.25, 0.3) is 10.2 Å². The van der Waals surface area contributed by atoms with Crippen molar-refractivity contribution in [2.24, 2.45) is 0 Å². The van der Waals surface area contributed by atoms with Crippen LogP contribution in [0.5, 0.6) is 0 Å². The van der Waals surface area contributed by atoms with Gasteiger partial charge in [-0.2, -0.15) is 0 Å². The van der Waals surface area contributed by atoms with Gasteiger partial charge in [0, 0.05) is 36.9 Å². The first-order chi connectivity index (χ1) is 13.8. The molecular weight excluding hydrogens is 474 g/mol. The van der Waals surface area contributed by atoms with Crippen LogP contribution in [0.1, 0.15) is 5.56 Å². The lowest BCUT2D eigenvalue weighted by Crippen LogP contribution is -2.49. The number of halogens is 1. The van der Waals surface area contributed by atoms with Crippen molar-refractivity contribution in [3.8, 4) is 0 Å². The van der Waals surface area contributed by atoms with E-state index in [1.165, 1.54) is 6.26 Å². The molecule has 1 aromatic heterocycles. The molecule has 1 aliphatic heterocycles. The SMILES string of the molecule is CS(=O)(=O)c1ccc(CC(=O)N2CCN(c3nc4ccc(Br)cc4s3)CC2)cc1. The van der Waals surface area contributed by atoms with Crippen LogP contribution in [0.3, 0.4) is 0 Å². The molecule has 1 fully saturated rings. The minimum absolute atomic E-state index is 0.0602. The summed E-state index contributed by atoms with van der Waals surface area (Å²) in [5, 5.41) is 0.988. The lowest BCUT2D eigenvalue weighted by atomic mass is 10.1. The molecule has 0 N–H and O–H groups in total. The van der Waals surface area contributed by atoms with Gasteiger partial charge in [-0.25, -0.2) is 13.4 Å². The maximum absolute atomic E-state index is 12.6. The third-order valence-corrected chi connectivity index (χ3v) is 7.65. The van der Waals surface area contributed by atoms with Gasteiger partial charge in [-0.15, -0.1) is 0 Å². The Hall–Kier alpha value is -1.97. The molecule has 3 aromatic rings. The van der Waals surface area contributed by atoms with E-state index < -0.39 is 9.84 Å². The maximum Gasteiger partial charge on any atom is 0.227 e. The van der Waals surface area contributed by atoms with Crippen LogP contribution in [0.2, 0.25) is 0 Å². The molecule has 6 nitrogen and oxygen atoms in total. The van der Waals surface area contributed by atoms with Gasteiger partial charge in [0.25, 0.3) is 0 Å². The van der Waals surface area contributed by atoms with Crippen LogP contribution in [0.15, 0.2) is 51.8 Å². The van der Waals surface area contributed by atoms with E-state index in [4.69, 9.17) is 4.98 Å². The largest absolute Gasteiger partial charge is 0.345 e. The molecule has 0 atom stereocenters. The summed E-state index contributed by atoms with van der Waals surface area (Å²) >= 11 is 5.16. The fraction of sp³-hybridized carbons (Fsp3) is 0.300. The highest BCUT2D eigenvalue weighted by molar-refractivity contribution is 9.10. The number of carbonyl (C=O) groups is 1. The average molecular weight is 494 g/mol. The van der Waals surface area contributed by atoms with E-state index in [0.29, 0.717) is 13.1 Å². The summed E-state index contributed by atoms with van der Waals surface area (Å²) in [4.78, 5) is 21.7. The Morgan fingerprint density at radius 1 is 1.10 bits per heavy atom. The van der Waals surface area contributed by atoms with Crippen molar-refractivity contribution < 1.29 is 13.2 Å². The molecule has 1 saturated heterocycles. The second-order valence-corrected chi connectivity index (χ2v) is 11.0. The highest BCUT2D eigenvalue weighted by Gasteiger charge is 2.23. The molecule has 0 aliphatic carbocycles. The molecule has 4 rings (SSSR count). The number of amides is 1. The molecule has 1 amide bonds. The fourth-order valence-corrected chi connectivity index (χ4v) is 5.51. The Labute approximate surface area is 182 Å². The zero-order valence-corrected chi connectivity index (χ0v) is 19.1. The molecule has 0 radical (unpaired) electrons. The van der Waals surface area contributed by atoms with Crippen molar-refractivity contribution in [3.05, 3.63) is 52.5 Å². The number of carbonyl (C=O) groups excluding carboxylic acids is 1. The third kappa shape index (κ3) is 4.62. The second-order valence-electron chi connectivity index (χ2n) is 7.07. The van der Waals surface area contributed by atoms with Crippen molar-refractivity contribution in [3.63, 3.8) is 0 Å². The summed E-state index contributed by atoms with van der Waals surface area (Å²) in [5.41, 5.74) is 1.81. The number of sulfone groups is 1. The number of benzene rings is 2. The van der Waals surface area contributed by atoms with Gasteiger partial charge in [-0.3, -0.25) is 4.79 Å². The zero-order chi connectivity index (χ0) is 20.6. The predicted molar refractivity (Wildman–Crippen MR) is 119 cm³/mol. The highest BCUT2D eigenvalue weighted by Crippen LogP contribution is 2.31. The quantitative estimate of drug-likeness (QED) is 0.557. The molecule has 29 heavy (non-hydrogen) atoms. The lowest BCUT2D eigenvalue weighted by molar-refractivity contribution is -0.130. The Kier molecular flexibility index (Phi) is 5.63. The summed E-state index contributed by atoms with van der Waals surface area (Å²) < 4.78 is 25.3. The first kappa shape index (κ1) is 20.3. The van der Waals surface area contributed by atoms with Crippen molar-refractivity contribution in [1.29, 1.82) is 0 Å². The number of anilines is 1. The molecule has 2 heterocycles. The van der Waals surface area contributed by atoms with Gasteiger partial charge < -0.3 is 9.80 Å². The monoisotopic (exact) mass is 493 g/mol. The molecule has 0 spiro atoms. The van der Waals surface area contributed by atoms with Crippen LogP contribution < -0.4 is 4.90 Å². The average Bonchev–Trinajstić information content (AvgIpc) is 3.11. The molecule has 152 valence electrons. The van der Waals surface area contributed by atoms with Crippen LogP contribution in [0, 0.1) is 0 Å². The van der Waals surface area contributed by atoms with E-state index in [9.17, 15) is 13.2 Å². The molecule has 9 heteroatoms. The van der Waals surface area contributed by atoms with Crippen molar-refractivity contribution >= 4 is 58.4 Å². The summed E-state index contributed by atoms with van der Waals surface area (Å²) in [7, 11) is -3.22. The molecule has 2 aromatic carbocycles. The molecule has 0 saturated carbocycles. The number of thiazole rings is 1. The van der Waals surface area contributed by atoms with Crippen molar-refractivity contribution in [2.45, 2.75) is 11.3 Å². The van der Waals surface area contributed by atoms with Gasteiger partial charge in [-0.1, -0.05) is 39.4 Å². The summed E-state index contributed by atoms with van der Waals surface area (Å²) in [6, 6.07) is 12.6. The van der Waals surface area contributed by atoms with E-state index in [-0.39, 0.29) is 17.2 Å². The van der Waals surface area contributed by atoms with Crippen LogP contribution in [-0.2, 0) is 21.1 Å². The van der Waals surface area contributed by atoms with Crippen LogP contribution >= 0.6 is 27.3 Å². The van der Waals surface area contributed by atoms with Crippen LogP contribution in [-0.4, -0.2) is 56.6 Å². The Morgan fingerprint density at radius 2 is 1.79 bits per heavy atom. The van der Waals surface area contributed by atoms with E-state index in [1.807, 2.05) is 17.0 Å². The smallest absolute Gasteiger partial charge is 0.227 e. The van der Waals surface area contributed by atoms with Crippen LogP contribution in [0.4, 0.5) is 5.13 Å². The summed E-state index contributed by atoms with van der Waals surface area (Å²) in [6.07, 6.45) is 1.45. The fourth-order valence-electron chi connectivity index (χ4n) is 3.31. The standard InChI is InChI=1S/C20H20BrN3O3S2/c1-29(26,27)16-5-2-14(3-6-16)12-19(25)23-8-10-24(11-9-23)20-22-17-7-4-15(21)13-18(17)28-20/h2-7,13H,8-12H2,1H3. The predicted octanol–water partition coefficient (Wildman–Crippen LogP) is 3.35. The normalized spacial score (nSPS) is 15.1. The van der Waals surface area contributed by atoms with Gasteiger partial charge in [0.1, 0.15) is 0 Å². The Bertz CT molecular complexity index is 1150. The lowest BCUT2D eigenvalue weighted by Gasteiger charge is -2.34. The van der Waals surface area contributed by atoms with E-state index >= 15 is 0 Å². The number of nitrogens with zero attached hydrogens (tertiary/aromatic N) is 3. The Morgan fingerprint density at radius 3 is 2.45 bits per heavy atom. The number of fused-ring (bicyclic) bond motifs is 1. The summed E-state index contributed by atoms with van der Waals surface area (Å²) in [5.74, 6) is 0.0602. The summed E-state index contributed by atoms with van der Waals surface area (Å²) in [6.45, 7) is 2.80. The minimum Gasteiger partial charge on any atom is -0.345 e. The topological polar surface area (TPSA) is 70.6 Å².